The summed E-state index contributed by atoms with van der Waals surface area (Å²) in [5, 5.41) is 8.32. The molecule has 2 rings (SSSR count). The van der Waals surface area contributed by atoms with Gasteiger partial charge in [-0.3, -0.25) is 24.0 Å². The number of carbonyl (C=O) groups is 5. The molecule has 1 saturated heterocycles. The zero-order valence-electron chi connectivity index (χ0n) is 24.1. The van der Waals surface area contributed by atoms with Gasteiger partial charge in [0.15, 0.2) is 0 Å². The first kappa shape index (κ1) is 31.7. The lowest BCUT2D eigenvalue weighted by atomic mass is 10.0. The van der Waals surface area contributed by atoms with Gasteiger partial charge in [-0.2, -0.15) is 0 Å². The van der Waals surface area contributed by atoms with Crippen LogP contribution >= 0.6 is 0 Å². The van der Waals surface area contributed by atoms with Crippen LogP contribution in [-0.2, 0) is 35.1 Å². The quantitative estimate of drug-likeness (QED) is 0.476. The van der Waals surface area contributed by atoms with Gasteiger partial charge in [0.05, 0.1) is 6.54 Å². The minimum Gasteiger partial charge on any atom is -0.369 e. The minimum atomic E-state index is -1.21. The van der Waals surface area contributed by atoms with Crippen molar-refractivity contribution in [2.75, 3.05) is 33.8 Å². The van der Waals surface area contributed by atoms with Crippen molar-refractivity contribution >= 4 is 29.5 Å². The third-order valence-electron chi connectivity index (χ3n) is 6.89. The van der Waals surface area contributed by atoms with Gasteiger partial charge in [-0.15, -0.1) is 0 Å². The highest BCUT2D eigenvalue weighted by Crippen LogP contribution is 2.14. The third kappa shape index (κ3) is 9.05. The summed E-state index contributed by atoms with van der Waals surface area (Å²) in [5.74, 6) is -2.27. The predicted octanol–water partition coefficient (Wildman–Crippen LogP) is 0.475. The number of hydrogen-bond donors (Lipinski definition) is 3. The summed E-state index contributed by atoms with van der Waals surface area (Å²) in [5.41, 5.74) is -0.363. The Morgan fingerprint density at radius 3 is 2.28 bits per heavy atom. The topological polar surface area (TPSA) is 137 Å². The van der Waals surface area contributed by atoms with Crippen molar-refractivity contribution in [1.29, 1.82) is 0 Å². The number of benzene rings is 1. The van der Waals surface area contributed by atoms with Crippen LogP contribution in [0.15, 0.2) is 30.3 Å². The highest BCUT2D eigenvalue weighted by molar-refractivity contribution is 5.95. The van der Waals surface area contributed by atoms with Crippen LogP contribution in [0, 0.1) is 5.92 Å². The van der Waals surface area contributed by atoms with Gasteiger partial charge >= 0.3 is 0 Å². The number of likely N-dealkylation sites (N-methyl/N-ethyl adjacent to an activating group) is 1. The number of amides is 5. The summed E-state index contributed by atoms with van der Waals surface area (Å²) in [7, 11) is 2.89. The second kappa shape index (κ2) is 14.1. The first-order valence-corrected chi connectivity index (χ1v) is 13.3. The standard InChI is InChI=1S/C28H43N5O6/c1-18(2)15-22-26(37)32(6)19(3)24(35)31-21(16-20-11-9-8-10-12-20)25(36)29-13-14-33(17-23(34)30-22)27(38)28(4,5)39-7/h8-12,18-19,21-22H,13-17H2,1-7H3,(H,29,36)(H,30,34)(H,31,35)/t19-,21-,22-/m0/s1. The van der Waals surface area contributed by atoms with Gasteiger partial charge in [-0.25, -0.2) is 0 Å². The summed E-state index contributed by atoms with van der Waals surface area (Å²) in [6.07, 6.45) is 0.579. The lowest BCUT2D eigenvalue weighted by Crippen LogP contribution is -2.57. The van der Waals surface area contributed by atoms with Crippen molar-refractivity contribution in [3.05, 3.63) is 35.9 Å². The molecule has 0 saturated carbocycles. The van der Waals surface area contributed by atoms with Gasteiger partial charge in [-0.05, 0) is 38.7 Å². The summed E-state index contributed by atoms with van der Waals surface area (Å²) in [6, 6.07) is 6.55. The Balaban J connectivity index is 2.43. The zero-order valence-corrected chi connectivity index (χ0v) is 24.1. The summed E-state index contributed by atoms with van der Waals surface area (Å²) in [6.45, 7) is 8.35. The van der Waals surface area contributed by atoms with Gasteiger partial charge < -0.3 is 30.5 Å². The molecule has 0 bridgehead atoms. The Bertz CT molecular complexity index is 1030. The number of ether oxygens (including phenoxy) is 1. The molecule has 5 amide bonds. The maximum atomic E-state index is 13.4. The highest BCUT2D eigenvalue weighted by atomic mass is 16.5. The van der Waals surface area contributed by atoms with Gasteiger partial charge in [-0.1, -0.05) is 44.2 Å². The fraction of sp³-hybridized carbons (Fsp3) is 0.607. The summed E-state index contributed by atoms with van der Waals surface area (Å²) >= 11 is 0. The van der Waals surface area contributed by atoms with Crippen molar-refractivity contribution in [3.63, 3.8) is 0 Å². The molecule has 1 aromatic rings. The summed E-state index contributed by atoms with van der Waals surface area (Å²) in [4.78, 5) is 68.7. The summed E-state index contributed by atoms with van der Waals surface area (Å²) < 4.78 is 5.33. The van der Waals surface area contributed by atoms with Gasteiger partial charge in [0.1, 0.15) is 23.7 Å². The van der Waals surface area contributed by atoms with Gasteiger partial charge in [0.25, 0.3) is 5.91 Å². The molecule has 0 aliphatic carbocycles. The highest BCUT2D eigenvalue weighted by Gasteiger charge is 2.35. The number of nitrogens with zero attached hydrogens (tertiary/aromatic N) is 2. The van der Waals surface area contributed by atoms with Crippen LogP contribution in [0.2, 0.25) is 0 Å². The normalized spacial score (nSPS) is 22.5. The molecule has 1 aromatic carbocycles. The van der Waals surface area contributed by atoms with E-state index in [0.717, 1.165) is 5.56 Å². The van der Waals surface area contributed by atoms with E-state index in [-0.39, 0.29) is 32.0 Å². The molecular formula is C28H43N5O6. The number of hydrogen-bond acceptors (Lipinski definition) is 6. The Morgan fingerprint density at radius 2 is 1.69 bits per heavy atom. The van der Waals surface area contributed by atoms with Crippen LogP contribution < -0.4 is 16.0 Å². The maximum Gasteiger partial charge on any atom is 0.254 e. The Kier molecular flexibility index (Phi) is 11.5. The van der Waals surface area contributed by atoms with Crippen LogP contribution in [0.4, 0.5) is 0 Å². The van der Waals surface area contributed by atoms with Crippen molar-refractivity contribution in [2.24, 2.45) is 5.92 Å². The largest absolute Gasteiger partial charge is 0.369 e. The van der Waals surface area contributed by atoms with Crippen molar-refractivity contribution in [2.45, 2.75) is 71.2 Å². The van der Waals surface area contributed by atoms with Gasteiger partial charge in [0, 0.05) is 33.7 Å². The number of rotatable bonds is 6. The van der Waals surface area contributed by atoms with E-state index in [0.29, 0.717) is 6.42 Å². The molecule has 1 aliphatic rings. The predicted molar refractivity (Wildman–Crippen MR) is 146 cm³/mol. The van der Waals surface area contributed by atoms with Crippen molar-refractivity contribution in [3.8, 4) is 0 Å². The van der Waals surface area contributed by atoms with Crippen LogP contribution in [-0.4, -0.2) is 96.9 Å². The molecule has 39 heavy (non-hydrogen) atoms. The molecule has 0 radical (unpaired) electrons. The van der Waals surface area contributed by atoms with E-state index in [4.69, 9.17) is 4.74 Å². The molecule has 0 spiro atoms. The Labute approximate surface area is 231 Å². The van der Waals surface area contributed by atoms with E-state index in [2.05, 4.69) is 16.0 Å². The van der Waals surface area contributed by atoms with E-state index in [1.54, 1.807) is 20.8 Å². The van der Waals surface area contributed by atoms with Crippen LogP contribution in [0.25, 0.3) is 0 Å². The lowest BCUT2D eigenvalue weighted by molar-refractivity contribution is -0.153. The van der Waals surface area contributed by atoms with Crippen molar-refractivity contribution < 1.29 is 28.7 Å². The first-order valence-electron chi connectivity index (χ1n) is 13.3. The van der Waals surface area contributed by atoms with Gasteiger partial charge in [0.2, 0.25) is 23.6 Å². The second-order valence-electron chi connectivity index (χ2n) is 10.9. The average Bonchev–Trinajstić information content (AvgIpc) is 2.89. The molecule has 1 fully saturated rings. The third-order valence-corrected chi connectivity index (χ3v) is 6.89. The Hall–Kier alpha value is -3.47. The van der Waals surface area contributed by atoms with Crippen LogP contribution in [0.3, 0.4) is 0 Å². The van der Waals surface area contributed by atoms with E-state index in [9.17, 15) is 24.0 Å². The monoisotopic (exact) mass is 545 g/mol. The van der Waals surface area contributed by atoms with E-state index in [1.807, 2.05) is 44.2 Å². The Morgan fingerprint density at radius 1 is 1.05 bits per heavy atom. The number of nitrogens with one attached hydrogen (secondary N) is 3. The average molecular weight is 546 g/mol. The molecule has 11 heteroatoms. The zero-order chi connectivity index (χ0) is 29.3. The van der Waals surface area contributed by atoms with E-state index < -0.39 is 53.3 Å². The number of carbonyl (C=O) groups excluding carboxylic acids is 5. The molecule has 0 aromatic heterocycles. The molecule has 0 unspecified atom stereocenters. The number of methoxy groups -OCH3 is 1. The molecule has 216 valence electrons. The fourth-order valence-corrected chi connectivity index (χ4v) is 4.23. The fourth-order valence-electron chi connectivity index (χ4n) is 4.23. The molecule has 3 N–H and O–H groups in total. The second-order valence-corrected chi connectivity index (χ2v) is 10.9. The van der Waals surface area contributed by atoms with Crippen LogP contribution in [0.1, 0.15) is 46.6 Å². The smallest absolute Gasteiger partial charge is 0.254 e. The molecule has 3 atom stereocenters. The lowest BCUT2D eigenvalue weighted by Gasteiger charge is -2.32. The van der Waals surface area contributed by atoms with Crippen molar-refractivity contribution in [1.82, 2.24) is 25.8 Å². The van der Waals surface area contributed by atoms with E-state index >= 15 is 0 Å². The molecule has 11 nitrogen and oxygen atoms in total. The maximum absolute atomic E-state index is 13.4. The SMILES string of the molecule is COC(C)(C)C(=O)N1CCNC(=O)[C@H](Cc2ccccc2)NC(=O)[C@H](C)N(C)C(=O)[C@H](CC(C)C)NC(=O)C1. The van der Waals surface area contributed by atoms with Crippen LogP contribution in [0.5, 0.6) is 0 Å². The first-order chi connectivity index (χ1) is 18.3. The minimum absolute atomic E-state index is 0.0237. The molecular weight excluding hydrogens is 502 g/mol. The molecule has 1 heterocycles. The van der Waals surface area contributed by atoms with E-state index in [1.165, 1.54) is 24.0 Å². The molecule has 1 aliphatic heterocycles.